The zero-order valence-electron chi connectivity index (χ0n) is 16.3. The van der Waals surface area contributed by atoms with Gasteiger partial charge in [0, 0.05) is 17.7 Å². The highest BCUT2D eigenvalue weighted by Gasteiger charge is 2.29. The van der Waals surface area contributed by atoms with Crippen LogP contribution in [0.1, 0.15) is 45.8 Å². The van der Waals surface area contributed by atoms with Crippen LogP contribution in [0.2, 0.25) is 0 Å². The quantitative estimate of drug-likeness (QED) is 0.851. The maximum Gasteiger partial charge on any atom is 0.251 e. The van der Waals surface area contributed by atoms with E-state index >= 15 is 0 Å². The van der Waals surface area contributed by atoms with E-state index in [1.807, 2.05) is 32.0 Å². The predicted octanol–water partition coefficient (Wildman–Crippen LogP) is 2.72. The molecule has 2 unspecified atom stereocenters. The molecule has 150 valence electrons. The second-order valence-corrected chi connectivity index (χ2v) is 7.37. The van der Waals surface area contributed by atoms with Crippen molar-refractivity contribution < 1.29 is 23.5 Å². The molecule has 0 radical (unpaired) electrons. The third-order valence-electron chi connectivity index (χ3n) is 5.40. The Kier molecular flexibility index (Phi) is 5.64. The van der Waals surface area contributed by atoms with E-state index in [2.05, 4.69) is 10.5 Å². The molecule has 0 spiro atoms. The third-order valence-corrected chi connectivity index (χ3v) is 5.40. The van der Waals surface area contributed by atoms with E-state index < -0.39 is 0 Å². The van der Waals surface area contributed by atoms with Crippen molar-refractivity contribution in [1.29, 1.82) is 0 Å². The van der Waals surface area contributed by atoms with Crippen molar-refractivity contribution in [3.63, 3.8) is 0 Å². The smallest absolute Gasteiger partial charge is 0.251 e. The molecule has 3 heterocycles. The third kappa shape index (κ3) is 4.05. The molecule has 1 fully saturated rings. The summed E-state index contributed by atoms with van der Waals surface area (Å²) in [6.45, 7) is 5.98. The van der Waals surface area contributed by atoms with Crippen LogP contribution in [-0.2, 0) is 22.5 Å². The molecule has 2 aliphatic heterocycles. The summed E-state index contributed by atoms with van der Waals surface area (Å²) in [6.07, 6.45) is 2.53. The molecule has 0 aliphatic carbocycles. The molecule has 4 rings (SSSR count). The molecule has 1 N–H and O–H groups in total. The fourth-order valence-electron chi connectivity index (χ4n) is 3.70. The number of fused-ring (bicyclic) bond motifs is 1. The normalized spacial score (nSPS) is 21.6. The van der Waals surface area contributed by atoms with Gasteiger partial charge in [0.15, 0.2) is 0 Å². The van der Waals surface area contributed by atoms with E-state index in [9.17, 15) is 4.79 Å². The summed E-state index contributed by atoms with van der Waals surface area (Å²) in [5.41, 5.74) is 3.52. The van der Waals surface area contributed by atoms with Gasteiger partial charge in [0.2, 0.25) is 0 Å². The number of aryl methyl sites for hydroxylation is 3. The van der Waals surface area contributed by atoms with Crippen LogP contribution in [0.3, 0.4) is 0 Å². The molecule has 7 nitrogen and oxygen atoms in total. The number of carbonyl (C=O) groups excluding carboxylic acids is 1. The Bertz CT molecular complexity index is 828. The van der Waals surface area contributed by atoms with Crippen molar-refractivity contribution >= 4 is 5.91 Å². The first-order valence-electron chi connectivity index (χ1n) is 9.79. The molecule has 1 saturated heterocycles. The van der Waals surface area contributed by atoms with Gasteiger partial charge in [0.05, 0.1) is 37.7 Å². The Balaban J connectivity index is 1.41. The Morgan fingerprint density at radius 3 is 3.04 bits per heavy atom. The van der Waals surface area contributed by atoms with E-state index in [0.29, 0.717) is 25.4 Å². The molecule has 7 heteroatoms. The van der Waals surface area contributed by atoms with E-state index in [1.165, 1.54) is 0 Å². The minimum absolute atomic E-state index is 0.116. The Morgan fingerprint density at radius 2 is 2.21 bits per heavy atom. The first kappa shape index (κ1) is 19.0. The largest absolute Gasteiger partial charge is 0.493 e. The van der Waals surface area contributed by atoms with Crippen LogP contribution in [0.25, 0.3) is 0 Å². The number of rotatable bonds is 5. The zero-order valence-corrected chi connectivity index (χ0v) is 16.3. The SMILES string of the molecule is Cc1noc(C)c1COC1CCOCC1NC(=O)c1ccc2c(c1)CCCO2. The van der Waals surface area contributed by atoms with Crippen LogP contribution in [0.4, 0.5) is 0 Å². The molecule has 1 aromatic heterocycles. The number of nitrogens with one attached hydrogen (secondary N) is 1. The number of benzene rings is 1. The topological polar surface area (TPSA) is 82.8 Å². The number of ether oxygens (including phenoxy) is 3. The molecular formula is C21H26N2O5. The van der Waals surface area contributed by atoms with Crippen molar-refractivity contribution in [3.8, 4) is 5.75 Å². The molecule has 2 aliphatic rings. The standard InChI is InChI=1S/C21H26N2O5/c1-13-17(14(2)28-23-13)11-27-20-7-9-25-12-18(20)22-21(24)16-5-6-19-15(10-16)4-3-8-26-19/h5-6,10,18,20H,3-4,7-9,11-12H2,1-2H3,(H,22,24). The van der Waals surface area contributed by atoms with Crippen LogP contribution in [0.5, 0.6) is 5.75 Å². The fourth-order valence-corrected chi connectivity index (χ4v) is 3.70. The summed E-state index contributed by atoms with van der Waals surface area (Å²) in [4.78, 5) is 12.8. The second kappa shape index (κ2) is 8.32. The van der Waals surface area contributed by atoms with Crippen LogP contribution < -0.4 is 10.1 Å². The van der Waals surface area contributed by atoms with Crippen molar-refractivity contribution in [1.82, 2.24) is 10.5 Å². The highest BCUT2D eigenvalue weighted by atomic mass is 16.5. The maximum atomic E-state index is 12.8. The van der Waals surface area contributed by atoms with Gasteiger partial charge in [0.25, 0.3) is 5.91 Å². The molecule has 1 aromatic carbocycles. The molecular weight excluding hydrogens is 360 g/mol. The summed E-state index contributed by atoms with van der Waals surface area (Å²) >= 11 is 0. The number of aromatic nitrogens is 1. The molecule has 2 atom stereocenters. The fraction of sp³-hybridized carbons (Fsp3) is 0.524. The van der Waals surface area contributed by atoms with Gasteiger partial charge in [0.1, 0.15) is 11.5 Å². The van der Waals surface area contributed by atoms with Crippen molar-refractivity contribution in [3.05, 3.63) is 46.3 Å². The van der Waals surface area contributed by atoms with Gasteiger partial charge in [-0.2, -0.15) is 0 Å². The number of carbonyl (C=O) groups is 1. The van der Waals surface area contributed by atoms with Crippen molar-refractivity contribution in [2.75, 3.05) is 19.8 Å². The van der Waals surface area contributed by atoms with E-state index in [4.69, 9.17) is 18.7 Å². The number of hydrogen-bond donors (Lipinski definition) is 1. The predicted molar refractivity (Wildman–Crippen MR) is 102 cm³/mol. The van der Waals surface area contributed by atoms with Crippen LogP contribution in [0.15, 0.2) is 22.7 Å². The van der Waals surface area contributed by atoms with Gasteiger partial charge >= 0.3 is 0 Å². The molecule has 0 bridgehead atoms. The van der Waals surface area contributed by atoms with Crippen molar-refractivity contribution in [2.24, 2.45) is 0 Å². The average Bonchev–Trinajstić information content (AvgIpc) is 3.04. The second-order valence-electron chi connectivity index (χ2n) is 7.37. The summed E-state index contributed by atoms with van der Waals surface area (Å²) in [7, 11) is 0. The first-order chi connectivity index (χ1) is 13.6. The lowest BCUT2D eigenvalue weighted by atomic mass is 10.0. The van der Waals surface area contributed by atoms with E-state index in [1.54, 1.807) is 0 Å². The van der Waals surface area contributed by atoms with Gasteiger partial charge in [-0.25, -0.2) is 0 Å². The van der Waals surface area contributed by atoms with Gasteiger partial charge < -0.3 is 24.1 Å². The Hall–Kier alpha value is -2.38. The zero-order chi connectivity index (χ0) is 19.5. The minimum Gasteiger partial charge on any atom is -0.493 e. The summed E-state index contributed by atoms with van der Waals surface area (Å²) in [5, 5.41) is 7.05. The minimum atomic E-state index is -0.200. The number of hydrogen-bond acceptors (Lipinski definition) is 6. The molecule has 1 amide bonds. The first-order valence-corrected chi connectivity index (χ1v) is 9.79. The number of amides is 1. The van der Waals surface area contributed by atoms with Crippen LogP contribution >= 0.6 is 0 Å². The molecule has 28 heavy (non-hydrogen) atoms. The maximum absolute atomic E-state index is 12.8. The highest BCUT2D eigenvalue weighted by molar-refractivity contribution is 5.94. The lowest BCUT2D eigenvalue weighted by Gasteiger charge is -2.32. The Labute approximate surface area is 164 Å². The summed E-state index contributed by atoms with van der Waals surface area (Å²) in [6, 6.07) is 5.41. The van der Waals surface area contributed by atoms with Crippen LogP contribution in [0, 0.1) is 13.8 Å². The lowest BCUT2D eigenvalue weighted by molar-refractivity contribution is -0.0608. The van der Waals surface area contributed by atoms with Gasteiger partial charge in [-0.05, 0) is 56.9 Å². The van der Waals surface area contributed by atoms with E-state index in [-0.39, 0.29) is 18.1 Å². The Morgan fingerprint density at radius 1 is 1.32 bits per heavy atom. The molecule has 0 saturated carbocycles. The summed E-state index contributed by atoms with van der Waals surface area (Å²) < 4.78 is 22.5. The van der Waals surface area contributed by atoms with E-state index in [0.717, 1.165) is 54.2 Å². The monoisotopic (exact) mass is 386 g/mol. The number of nitrogens with zero attached hydrogens (tertiary/aromatic N) is 1. The highest BCUT2D eigenvalue weighted by Crippen LogP contribution is 2.26. The van der Waals surface area contributed by atoms with Crippen LogP contribution in [-0.4, -0.2) is 43.0 Å². The van der Waals surface area contributed by atoms with Gasteiger partial charge in [-0.1, -0.05) is 5.16 Å². The van der Waals surface area contributed by atoms with Gasteiger partial charge in [-0.3, -0.25) is 4.79 Å². The lowest BCUT2D eigenvalue weighted by Crippen LogP contribution is -2.50. The summed E-state index contributed by atoms with van der Waals surface area (Å²) in [5.74, 6) is 1.53. The average molecular weight is 386 g/mol. The molecule has 2 aromatic rings. The van der Waals surface area contributed by atoms with Crippen molar-refractivity contribution in [2.45, 2.75) is 51.9 Å². The van der Waals surface area contributed by atoms with Gasteiger partial charge in [-0.15, -0.1) is 0 Å².